The number of hydrogen-bond acceptors (Lipinski definition) is 9. The van der Waals surface area contributed by atoms with E-state index in [1.807, 2.05) is 0 Å². The Morgan fingerprint density at radius 3 is 2.04 bits per heavy atom. The summed E-state index contributed by atoms with van der Waals surface area (Å²) in [6, 6.07) is 6.58. The Bertz CT molecular complexity index is 1590. The molecule has 2 aromatic carbocycles. The van der Waals surface area contributed by atoms with Crippen LogP contribution >= 0.6 is 11.3 Å². The fourth-order valence-electron chi connectivity index (χ4n) is 4.74. The van der Waals surface area contributed by atoms with Crippen LogP contribution in [-0.4, -0.2) is 95.7 Å². The molecule has 14 heteroatoms. The van der Waals surface area contributed by atoms with Gasteiger partial charge in [0.05, 0.1) is 44.1 Å². The summed E-state index contributed by atoms with van der Waals surface area (Å²) < 4.78 is 38.4. The predicted octanol–water partition coefficient (Wildman–Crippen LogP) is 4.50. The number of aliphatic carboxylic acids is 2. The summed E-state index contributed by atoms with van der Waals surface area (Å²) in [5.41, 5.74) is 1.76. The second-order valence-electron chi connectivity index (χ2n) is 10.6. The minimum atomic E-state index is -1.08. The van der Waals surface area contributed by atoms with E-state index in [1.54, 1.807) is 23.1 Å². The number of rotatable bonds is 15. The van der Waals surface area contributed by atoms with E-state index in [2.05, 4.69) is 0 Å². The van der Waals surface area contributed by atoms with Crippen molar-refractivity contribution in [3.05, 3.63) is 46.1 Å². The third kappa shape index (κ3) is 8.46. The van der Waals surface area contributed by atoms with Gasteiger partial charge in [0.1, 0.15) is 0 Å². The number of carboxylic acids is 2. The second kappa shape index (κ2) is 15.7. The van der Waals surface area contributed by atoms with Gasteiger partial charge in [-0.1, -0.05) is 13.8 Å². The Morgan fingerprint density at radius 2 is 1.44 bits per heavy atom. The molecule has 1 aliphatic heterocycles. The number of carbonyl (C=O) groups excluding carboxylic acids is 2. The number of ketones is 1. The number of thiophene rings is 1. The van der Waals surface area contributed by atoms with Crippen molar-refractivity contribution in [3.63, 3.8) is 0 Å². The van der Waals surface area contributed by atoms with Gasteiger partial charge in [-0.2, -0.15) is 0 Å². The molecule has 0 saturated carbocycles. The summed E-state index contributed by atoms with van der Waals surface area (Å²) in [7, 11) is 2.89. The molecule has 45 heavy (non-hydrogen) atoms. The van der Waals surface area contributed by atoms with Crippen LogP contribution in [0.3, 0.4) is 0 Å². The molecule has 1 aromatic heterocycles. The number of carboxylic acid groups (broad SMARTS) is 2. The number of methoxy groups -OCH3 is 2. The normalized spacial score (nSPS) is 13.4. The van der Waals surface area contributed by atoms with E-state index < -0.39 is 29.6 Å². The number of hydrogen-bond donors (Lipinski definition) is 2. The summed E-state index contributed by atoms with van der Waals surface area (Å²) in [5.74, 6) is -4.03. The van der Waals surface area contributed by atoms with Crippen LogP contribution in [0.5, 0.6) is 23.0 Å². The van der Waals surface area contributed by atoms with E-state index >= 15 is 4.39 Å². The Balaban J connectivity index is 0.00000552. The van der Waals surface area contributed by atoms with Crippen LogP contribution in [-0.2, 0) is 27.5 Å². The molecule has 1 amide bonds. The van der Waals surface area contributed by atoms with Gasteiger partial charge in [0.15, 0.2) is 34.6 Å². The zero-order valence-electron chi connectivity index (χ0n) is 24.8. The van der Waals surface area contributed by atoms with Gasteiger partial charge in [-0.3, -0.25) is 19.2 Å². The first-order chi connectivity index (χ1) is 20.9. The monoisotopic (exact) mass is 655 g/mol. The third-order valence-corrected chi connectivity index (χ3v) is 8.47. The topological polar surface area (TPSA) is 149 Å². The molecule has 2 N–H and O–H groups in total. The number of nitrogens with zero attached hydrogens (tertiary/aromatic N) is 1. The molecule has 0 fully saturated rings. The van der Waals surface area contributed by atoms with Gasteiger partial charge < -0.3 is 34.1 Å². The van der Waals surface area contributed by atoms with E-state index in [-0.39, 0.29) is 89.1 Å². The van der Waals surface area contributed by atoms with Crippen molar-refractivity contribution in [2.75, 3.05) is 27.4 Å². The van der Waals surface area contributed by atoms with Crippen LogP contribution in [0.25, 0.3) is 10.1 Å². The van der Waals surface area contributed by atoms with E-state index in [0.29, 0.717) is 35.7 Å². The Kier molecular flexibility index (Phi) is 12.6. The molecule has 0 radical (unpaired) electrons. The van der Waals surface area contributed by atoms with Crippen LogP contribution in [0.1, 0.15) is 53.9 Å². The summed E-state index contributed by atoms with van der Waals surface area (Å²) in [6.45, 7) is 3.92. The fraction of sp³-hybridized carbons (Fsp3) is 0.419. The van der Waals surface area contributed by atoms with Crippen molar-refractivity contribution in [3.8, 4) is 23.0 Å². The van der Waals surface area contributed by atoms with E-state index in [4.69, 9.17) is 29.2 Å². The summed E-state index contributed by atoms with van der Waals surface area (Å²) in [4.78, 5) is 49.2. The van der Waals surface area contributed by atoms with Crippen LogP contribution in [0.2, 0.25) is 0 Å². The predicted molar refractivity (Wildman–Crippen MR) is 166 cm³/mol. The Hall–Kier alpha value is -3.39. The molecule has 11 nitrogen and oxygen atoms in total. The molecule has 0 spiro atoms. The molecular formula is C31H35FNNaO10S. The molecule has 2 unspecified atom stereocenters. The average molecular weight is 656 g/mol. The molecule has 4 rings (SSSR count). The van der Waals surface area contributed by atoms with Gasteiger partial charge in [-0.25, -0.2) is 4.39 Å². The summed E-state index contributed by atoms with van der Waals surface area (Å²) in [6.07, 6.45) is 0.0978. The van der Waals surface area contributed by atoms with Gasteiger partial charge in [-0.15, -0.1) is 11.3 Å². The van der Waals surface area contributed by atoms with Crippen molar-refractivity contribution >= 4 is 74.6 Å². The fourth-order valence-corrected chi connectivity index (χ4v) is 5.77. The van der Waals surface area contributed by atoms with Crippen LogP contribution in [0.15, 0.2) is 24.3 Å². The molecule has 0 aliphatic carbocycles. The van der Waals surface area contributed by atoms with Crippen molar-refractivity contribution in [1.29, 1.82) is 0 Å². The first-order valence-electron chi connectivity index (χ1n) is 13.9. The number of halogens is 1. The quantitative estimate of drug-likeness (QED) is 0.136. The van der Waals surface area contributed by atoms with Gasteiger partial charge in [-0.05, 0) is 29.3 Å². The van der Waals surface area contributed by atoms with Crippen LogP contribution in [0.4, 0.5) is 4.39 Å². The van der Waals surface area contributed by atoms with Crippen molar-refractivity contribution in [2.45, 2.75) is 46.2 Å². The molecule has 0 saturated heterocycles. The van der Waals surface area contributed by atoms with E-state index in [0.717, 1.165) is 22.5 Å². The van der Waals surface area contributed by atoms with Crippen LogP contribution in [0, 0.1) is 17.7 Å². The molecule has 2 heterocycles. The van der Waals surface area contributed by atoms with Crippen LogP contribution < -0.4 is 18.9 Å². The Labute approximate surface area is 285 Å². The van der Waals surface area contributed by atoms with Gasteiger partial charge >= 0.3 is 41.5 Å². The number of ether oxygens (including phenoxy) is 4. The third-order valence-electron chi connectivity index (χ3n) is 7.35. The molecule has 1 aliphatic rings. The van der Waals surface area contributed by atoms with E-state index in [9.17, 15) is 19.2 Å². The summed E-state index contributed by atoms with van der Waals surface area (Å²) >= 11 is 1.06. The van der Waals surface area contributed by atoms with Gasteiger partial charge in [0.25, 0.3) is 0 Å². The first-order valence-corrected chi connectivity index (χ1v) is 14.8. The SMILES string of the molecule is COc1cc2c(cc1OCCCOc1c(OC)cc3sc(C(=O)CC(C)C(=O)O)cc3c1F)CN(C(=O)CC(C)C(=O)O)C2.[NaH]. The number of benzene rings is 2. The maximum atomic E-state index is 15.5. The number of carbonyl (C=O) groups is 4. The average Bonchev–Trinajstić information content (AvgIpc) is 3.61. The minimum absolute atomic E-state index is 0. The van der Waals surface area contributed by atoms with Crippen molar-refractivity contribution < 1.29 is 52.7 Å². The first kappa shape index (κ1) is 36.1. The van der Waals surface area contributed by atoms with E-state index in [1.165, 1.54) is 34.1 Å². The number of Topliss-reactive ketones (excluding diaryl/α,β-unsaturated/α-hetero) is 1. The number of amides is 1. The van der Waals surface area contributed by atoms with Gasteiger partial charge in [0.2, 0.25) is 5.91 Å². The van der Waals surface area contributed by atoms with Crippen molar-refractivity contribution in [1.82, 2.24) is 4.90 Å². The zero-order valence-corrected chi connectivity index (χ0v) is 25.6. The second-order valence-corrected chi connectivity index (χ2v) is 11.7. The maximum absolute atomic E-state index is 15.5. The van der Waals surface area contributed by atoms with Gasteiger partial charge in [0, 0.05) is 48.5 Å². The molecule has 238 valence electrons. The molecule has 2 atom stereocenters. The molecule has 3 aromatic rings. The molecule has 0 bridgehead atoms. The Morgan fingerprint density at radius 1 is 0.867 bits per heavy atom. The standard InChI is InChI=1S/C31H34FNO10S.Na.H/c1-16(30(36)37)8-21(34)26-12-20-25(44-26)13-24(41-4)29(28(20)32)43-7-5-6-42-23-11-19-15-33(14-18(19)10-22(23)40-3)27(35)9-17(2)31(38)39;;/h10-13,16-17H,5-9,14-15H2,1-4H3,(H,36,37)(H,38,39);;. The number of fused-ring (bicyclic) bond motifs is 2. The zero-order chi connectivity index (χ0) is 32.1. The van der Waals surface area contributed by atoms with Crippen molar-refractivity contribution in [2.24, 2.45) is 11.8 Å². The summed E-state index contributed by atoms with van der Waals surface area (Å²) in [5, 5.41) is 18.4. The molecular weight excluding hydrogens is 620 g/mol.